The van der Waals surface area contributed by atoms with Crippen LogP contribution < -0.4 is 4.72 Å². The Hall–Kier alpha value is -1.89. The fourth-order valence-corrected chi connectivity index (χ4v) is 4.74. The first kappa shape index (κ1) is 17.0. The second-order valence-electron chi connectivity index (χ2n) is 5.72. The maximum atomic E-state index is 12.7. The second-order valence-corrected chi connectivity index (χ2v) is 7.80. The van der Waals surface area contributed by atoms with E-state index in [1.807, 2.05) is 24.3 Å². The molecule has 0 fully saturated rings. The average molecular weight is 366 g/mol. The van der Waals surface area contributed by atoms with Crippen LogP contribution >= 0.6 is 11.6 Å². The van der Waals surface area contributed by atoms with Crippen LogP contribution in [0.1, 0.15) is 40.4 Å². The molecule has 7 heteroatoms. The van der Waals surface area contributed by atoms with Gasteiger partial charge in [-0.3, -0.25) is 0 Å². The van der Waals surface area contributed by atoms with Gasteiger partial charge in [0.1, 0.15) is 4.90 Å². The summed E-state index contributed by atoms with van der Waals surface area (Å²) in [5.74, 6) is -1.20. The Kier molecular flexibility index (Phi) is 4.62. The fourth-order valence-electron chi connectivity index (χ4n) is 2.97. The minimum atomic E-state index is -3.93. The lowest BCUT2D eigenvalue weighted by molar-refractivity contribution is 0.0696. The quantitative estimate of drug-likeness (QED) is 0.869. The van der Waals surface area contributed by atoms with Crippen LogP contribution in [0, 0.1) is 0 Å². The first-order valence-corrected chi connectivity index (χ1v) is 9.37. The molecule has 0 saturated carbocycles. The SMILES string of the molecule is O=C(O)c1ccc(Cl)c(S(=O)(=O)N[C@@H]2CCCc3ccccc32)c1. The predicted octanol–water partition coefficient (Wildman–Crippen LogP) is 3.39. The Morgan fingerprint density at radius 3 is 2.71 bits per heavy atom. The molecule has 0 spiro atoms. The summed E-state index contributed by atoms with van der Waals surface area (Å²) in [4.78, 5) is 10.9. The van der Waals surface area contributed by atoms with Crippen molar-refractivity contribution in [2.75, 3.05) is 0 Å². The lowest BCUT2D eigenvalue weighted by Crippen LogP contribution is -2.31. The topological polar surface area (TPSA) is 83.5 Å². The summed E-state index contributed by atoms with van der Waals surface area (Å²) in [6.07, 6.45) is 2.49. The Morgan fingerprint density at radius 2 is 1.96 bits per heavy atom. The summed E-state index contributed by atoms with van der Waals surface area (Å²) in [5.41, 5.74) is 1.96. The van der Waals surface area contributed by atoms with Crippen LogP contribution in [0.2, 0.25) is 5.02 Å². The van der Waals surface area contributed by atoms with E-state index in [0.29, 0.717) is 6.42 Å². The third-order valence-corrected chi connectivity index (χ3v) is 6.09. The Labute approximate surface area is 145 Å². The first-order valence-electron chi connectivity index (χ1n) is 7.51. The van der Waals surface area contributed by atoms with Crippen LogP contribution in [0.4, 0.5) is 0 Å². The number of carboxylic acid groups (broad SMARTS) is 1. The number of aromatic carboxylic acids is 1. The number of benzene rings is 2. The summed E-state index contributed by atoms with van der Waals surface area (Å²) < 4.78 is 28.1. The molecule has 1 aliphatic carbocycles. The number of carbonyl (C=O) groups is 1. The molecule has 1 atom stereocenters. The van der Waals surface area contributed by atoms with Crippen molar-refractivity contribution >= 4 is 27.6 Å². The highest BCUT2D eigenvalue weighted by Crippen LogP contribution is 2.32. The third-order valence-electron chi connectivity index (χ3n) is 4.13. The van der Waals surface area contributed by atoms with E-state index >= 15 is 0 Å². The summed E-state index contributed by atoms with van der Waals surface area (Å²) in [5, 5.41) is 9.06. The minimum Gasteiger partial charge on any atom is -0.478 e. The molecule has 2 aromatic carbocycles. The summed E-state index contributed by atoms with van der Waals surface area (Å²) in [7, 11) is -3.93. The molecule has 1 aliphatic rings. The molecule has 2 aromatic rings. The molecule has 3 rings (SSSR count). The number of carboxylic acids is 1. The molecule has 126 valence electrons. The maximum Gasteiger partial charge on any atom is 0.335 e. The zero-order valence-corrected chi connectivity index (χ0v) is 14.3. The molecule has 0 saturated heterocycles. The summed E-state index contributed by atoms with van der Waals surface area (Å²) >= 11 is 5.99. The van der Waals surface area contributed by atoms with Crippen molar-refractivity contribution in [3.05, 3.63) is 64.2 Å². The van der Waals surface area contributed by atoms with Crippen molar-refractivity contribution in [3.8, 4) is 0 Å². The van der Waals surface area contributed by atoms with E-state index in [1.165, 1.54) is 12.1 Å². The van der Waals surface area contributed by atoms with Gasteiger partial charge in [-0.05, 0) is 48.6 Å². The van der Waals surface area contributed by atoms with Crippen molar-refractivity contribution in [1.29, 1.82) is 0 Å². The molecular weight excluding hydrogens is 350 g/mol. The van der Waals surface area contributed by atoms with E-state index in [4.69, 9.17) is 16.7 Å². The van der Waals surface area contributed by atoms with Crippen molar-refractivity contribution < 1.29 is 18.3 Å². The number of hydrogen-bond acceptors (Lipinski definition) is 3. The number of sulfonamides is 1. The van der Waals surface area contributed by atoms with Crippen molar-refractivity contribution in [2.24, 2.45) is 0 Å². The molecule has 24 heavy (non-hydrogen) atoms. The number of nitrogens with one attached hydrogen (secondary N) is 1. The van der Waals surface area contributed by atoms with E-state index in [0.717, 1.165) is 30.0 Å². The van der Waals surface area contributed by atoms with E-state index in [-0.39, 0.29) is 21.5 Å². The highest BCUT2D eigenvalue weighted by atomic mass is 35.5. The zero-order valence-electron chi connectivity index (χ0n) is 12.7. The van der Waals surface area contributed by atoms with Gasteiger partial charge in [0, 0.05) is 6.04 Å². The molecule has 0 heterocycles. The Morgan fingerprint density at radius 1 is 1.21 bits per heavy atom. The van der Waals surface area contributed by atoms with Gasteiger partial charge in [-0.25, -0.2) is 17.9 Å². The smallest absolute Gasteiger partial charge is 0.335 e. The van der Waals surface area contributed by atoms with Crippen LogP contribution in [0.3, 0.4) is 0 Å². The first-order chi connectivity index (χ1) is 11.4. The van der Waals surface area contributed by atoms with Gasteiger partial charge in [0.2, 0.25) is 10.0 Å². The predicted molar refractivity (Wildman–Crippen MR) is 90.9 cm³/mol. The van der Waals surface area contributed by atoms with E-state index in [9.17, 15) is 13.2 Å². The average Bonchev–Trinajstić information content (AvgIpc) is 2.55. The molecule has 0 unspecified atom stereocenters. The number of halogens is 1. The van der Waals surface area contributed by atoms with Gasteiger partial charge in [-0.2, -0.15) is 0 Å². The molecule has 0 bridgehead atoms. The molecule has 0 radical (unpaired) electrons. The van der Waals surface area contributed by atoms with Crippen molar-refractivity contribution in [1.82, 2.24) is 4.72 Å². The van der Waals surface area contributed by atoms with E-state index in [2.05, 4.69) is 4.72 Å². The van der Waals surface area contributed by atoms with Gasteiger partial charge >= 0.3 is 5.97 Å². The molecule has 0 amide bonds. The largest absolute Gasteiger partial charge is 0.478 e. The molecular formula is C17H16ClNO4S. The zero-order chi connectivity index (χ0) is 17.3. The molecule has 2 N–H and O–H groups in total. The summed E-state index contributed by atoms with van der Waals surface area (Å²) in [6, 6.07) is 11.0. The molecule has 0 aromatic heterocycles. The normalized spacial score (nSPS) is 17.3. The highest BCUT2D eigenvalue weighted by Gasteiger charge is 2.27. The van der Waals surface area contributed by atoms with Gasteiger partial charge < -0.3 is 5.11 Å². The number of rotatable bonds is 4. The minimum absolute atomic E-state index is 0.00315. The van der Waals surface area contributed by atoms with Crippen LogP contribution in [0.5, 0.6) is 0 Å². The van der Waals surface area contributed by atoms with Crippen molar-refractivity contribution in [2.45, 2.75) is 30.2 Å². The Balaban J connectivity index is 1.96. The van der Waals surface area contributed by atoms with Gasteiger partial charge in [-0.15, -0.1) is 0 Å². The maximum absolute atomic E-state index is 12.7. The fraction of sp³-hybridized carbons (Fsp3) is 0.235. The number of fused-ring (bicyclic) bond motifs is 1. The summed E-state index contributed by atoms with van der Waals surface area (Å²) in [6.45, 7) is 0. The van der Waals surface area contributed by atoms with E-state index in [1.54, 1.807) is 0 Å². The molecule has 5 nitrogen and oxygen atoms in total. The third kappa shape index (κ3) is 3.31. The van der Waals surface area contributed by atoms with E-state index < -0.39 is 16.0 Å². The number of aryl methyl sites for hydroxylation is 1. The van der Waals surface area contributed by atoms with Crippen molar-refractivity contribution in [3.63, 3.8) is 0 Å². The number of hydrogen-bond donors (Lipinski definition) is 2. The lowest BCUT2D eigenvalue weighted by Gasteiger charge is -2.26. The van der Waals surface area contributed by atoms with Gasteiger partial charge in [0.05, 0.1) is 10.6 Å². The van der Waals surface area contributed by atoms with Crippen LogP contribution in [-0.2, 0) is 16.4 Å². The van der Waals surface area contributed by atoms with Gasteiger partial charge in [0.25, 0.3) is 0 Å². The standard InChI is InChI=1S/C17H16ClNO4S/c18-14-9-8-12(17(20)21)10-16(14)24(22,23)19-15-7-3-5-11-4-1-2-6-13(11)15/h1-2,4,6,8-10,15,19H,3,5,7H2,(H,20,21)/t15-/m1/s1. The molecule has 0 aliphatic heterocycles. The second kappa shape index (κ2) is 6.55. The lowest BCUT2D eigenvalue weighted by atomic mass is 9.88. The Bertz CT molecular complexity index is 895. The van der Waals surface area contributed by atoms with Crippen LogP contribution in [-0.4, -0.2) is 19.5 Å². The van der Waals surface area contributed by atoms with Gasteiger partial charge in [-0.1, -0.05) is 35.9 Å². The van der Waals surface area contributed by atoms with Crippen LogP contribution in [0.25, 0.3) is 0 Å². The monoisotopic (exact) mass is 365 g/mol. The highest BCUT2D eigenvalue weighted by molar-refractivity contribution is 7.89. The van der Waals surface area contributed by atoms with Crippen LogP contribution in [0.15, 0.2) is 47.4 Å². The van der Waals surface area contributed by atoms with Gasteiger partial charge in [0.15, 0.2) is 0 Å².